The highest BCUT2D eigenvalue weighted by Gasteiger charge is 2.51. The van der Waals surface area contributed by atoms with Gasteiger partial charge in [0.25, 0.3) is 6.71 Å². The molecule has 3 heterocycles. The maximum absolute atomic E-state index is 8.79. The second-order valence-electron chi connectivity index (χ2n) is 4.29. The number of aromatic nitrogens is 1. The van der Waals surface area contributed by atoms with E-state index < -0.39 is 0 Å². The van der Waals surface area contributed by atoms with Crippen LogP contribution in [-0.2, 0) is 5.41 Å². The van der Waals surface area contributed by atoms with Crippen LogP contribution in [0.1, 0.15) is 19.4 Å². The molecule has 0 radical (unpaired) electrons. The molecule has 0 aromatic carbocycles. The van der Waals surface area contributed by atoms with Gasteiger partial charge < -0.3 is 5.32 Å². The van der Waals surface area contributed by atoms with Crippen LogP contribution < -0.4 is 5.32 Å². The molecule has 0 atom stereocenters. The maximum Gasteiger partial charge on any atom is 0.269 e. The van der Waals surface area contributed by atoms with Crippen LogP contribution in [0.5, 0.6) is 0 Å². The minimum absolute atomic E-state index is 0.249. The van der Waals surface area contributed by atoms with Crippen molar-refractivity contribution in [3.05, 3.63) is 24.0 Å². The third-order valence-corrected chi connectivity index (χ3v) is 3.47. The fourth-order valence-electron chi connectivity index (χ4n) is 2.70. The van der Waals surface area contributed by atoms with Crippen molar-refractivity contribution in [3.8, 4) is 5.97 Å². The Bertz CT molecular complexity index is 419. The Morgan fingerprint density at radius 2 is 2.25 bits per heavy atom. The second kappa shape index (κ2) is 4.17. The van der Waals surface area contributed by atoms with Crippen molar-refractivity contribution in [1.29, 1.82) is 5.26 Å². The zero-order chi connectivity index (χ0) is 11.6. The normalized spacial score (nSPS) is 18.7. The summed E-state index contributed by atoms with van der Waals surface area (Å²) in [5.41, 5.74) is 2.77. The summed E-state index contributed by atoms with van der Waals surface area (Å²) in [5.74, 6) is 2.34. The van der Waals surface area contributed by atoms with Crippen LogP contribution in [0.2, 0.25) is 12.6 Å². The Labute approximate surface area is 97.0 Å². The van der Waals surface area contributed by atoms with E-state index >= 15 is 0 Å². The van der Waals surface area contributed by atoms with Gasteiger partial charge in [-0.2, -0.15) is 0 Å². The van der Waals surface area contributed by atoms with Gasteiger partial charge in [-0.25, -0.2) is 5.26 Å². The Morgan fingerprint density at radius 3 is 2.94 bits per heavy atom. The summed E-state index contributed by atoms with van der Waals surface area (Å²) in [6.07, 6.45) is 5.73. The molecule has 1 aromatic rings. The van der Waals surface area contributed by atoms with Crippen molar-refractivity contribution >= 4 is 12.4 Å². The first kappa shape index (κ1) is 11.0. The van der Waals surface area contributed by atoms with Crippen LogP contribution in [0, 0.1) is 11.2 Å². The third kappa shape index (κ3) is 1.47. The number of hydrogen-bond acceptors (Lipinski definition) is 3. The molecule has 1 saturated heterocycles. The lowest BCUT2D eigenvalue weighted by Gasteiger charge is -2.40. The molecule has 2 aliphatic rings. The first-order chi connectivity index (χ1) is 7.84. The van der Waals surface area contributed by atoms with Crippen molar-refractivity contribution in [3.63, 3.8) is 0 Å². The van der Waals surface area contributed by atoms with Crippen LogP contribution in [0.4, 0.5) is 5.69 Å². The van der Waals surface area contributed by atoms with Gasteiger partial charge in [0.15, 0.2) is 0 Å². The second-order valence-corrected chi connectivity index (χ2v) is 4.29. The van der Waals surface area contributed by atoms with Gasteiger partial charge in [-0.1, -0.05) is 13.8 Å². The van der Waals surface area contributed by atoms with Crippen molar-refractivity contribution in [2.24, 2.45) is 0 Å². The summed E-state index contributed by atoms with van der Waals surface area (Å²) in [5, 5.41) is 12.2. The van der Waals surface area contributed by atoms with Crippen LogP contribution in [0.15, 0.2) is 18.5 Å². The van der Waals surface area contributed by atoms with Gasteiger partial charge in [0, 0.05) is 24.1 Å². The minimum atomic E-state index is 0.249. The molecule has 16 heavy (non-hydrogen) atoms. The molecule has 1 aromatic heterocycles. The molecular formula is C12H16BN3. The molecular weight excluding hydrogens is 197 g/mol. The lowest BCUT2D eigenvalue weighted by atomic mass is 9.27. The predicted molar refractivity (Wildman–Crippen MR) is 66.7 cm³/mol. The highest BCUT2D eigenvalue weighted by molar-refractivity contribution is 6.70. The Morgan fingerprint density at radius 1 is 1.50 bits per heavy atom. The summed E-state index contributed by atoms with van der Waals surface area (Å²) >= 11 is 0. The summed E-state index contributed by atoms with van der Waals surface area (Å²) < 4.78 is 0. The topological polar surface area (TPSA) is 48.7 Å². The number of nitrogens with one attached hydrogen (secondary N) is 1. The van der Waals surface area contributed by atoms with Gasteiger partial charge in [-0.3, -0.25) is 4.98 Å². The minimum Gasteiger partial charge on any atom is -0.383 e. The SMILES string of the molecule is CC.N#CB1CC2(CNc3cnccc32)C1. The Kier molecular flexibility index (Phi) is 2.87. The van der Waals surface area contributed by atoms with Crippen molar-refractivity contribution in [2.75, 3.05) is 11.9 Å². The smallest absolute Gasteiger partial charge is 0.269 e. The first-order valence-corrected chi connectivity index (χ1v) is 5.92. The molecule has 3 rings (SSSR count). The average Bonchev–Trinajstić information content (AvgIpc) is 2.69. The number of hydrogen-bond donors (Lipinski definition) is 1. The molecule has 4 heteroatoms. The van der Waals surface area contributed by atoms with E-state index in [1.54, 1.807) is 0 Å². The molecule has 0 unspecified atom stereocenters. The molecule has 82 valence electrons. The summed E-state index contributed by atoms with van der Waals surface area (Å²) in [4.78, 5) is 4.09. The van der Waals surface area contributed by atoms with Gasteiger partial charge in [0.2, 0.25) is 0 Å². The van der Waals surface area contributed by atoms with E-state index in [4.69, 9.17) is 5.26 Å². The van der Waals surface area contributed by atoms with Crippen LogP contribution in [-0.4, -0.2) is 18.2 Å². The predicted octanol–water partition coefficient (Wildman–Crippen LogP) is 2.34. The van der Waals surface area contributed by atoms with E-state index in [2.05, 4.69) is 22.3 Å². The van der Waals surface area contributed by atoms with Gasteiger partial charge in [-0.05, 0) is 24.3 Å². The number of rotatable bonds is 0. The molecule has 0 saturated carbocycles. The number of anilines is 1. The van der Waals surface area contributed by atoms with Crippen LogP contribution >= 0.6 is 0 Å². The maximum atomic E-state index is 8.79. The van der Waals surface area contributed by atoms with E-state index in [-0.39, 0.29) is 12.1 Å². The van der Waals surface area contributed by atoms with E-state index in [0.717, 1.165) is 24.9 Å². The molecule has 1 fully saturated rings. The van der Waals surface area contributed by atoms with E-state index in [1.165, 1.54) is 5.56 Å². The lowest BCUT2D eigenvalue weighted by molar-refractivity contribution is 0.525. The number of nitriles is 1. The quantitative estimate of drug-likeness (QED) is 0.673. The summed E-state index contributed by atoms with van der Waals surface area (Å²) in [7, 11) is 0. The van der Waals surface area contributed by atoms with E-state index in [0.29, 0.717) is 0 Å². The van der Waals surface area contributed by atoms with Crippen molar-refractivity contribution in [2.45, 2.75) is 31.9 Å². The summed E-state index contributed by atoms with van der Waals surface area (Å²) in [6, 6.07) is 2.09. The van der Waals surface area contributed by atoms with Gasteiger partial charge in [-0.15, -0.1) is 0 Å². The molecule has 1 spiro atoms. The zero-order valence-electron chi connectivity index (χ0n) is 9.83. The Balaban J connectivity index is 0.000000457. The monoisotopic (exact) mass is 213 g/mol. The molecule has 0 amide bonds. The van der Waals surface area contributed by atoms with Gasteiger partial charge in [0.1, 0.15) is 0 Å². The molecule has 0 aliphatic carbocycles. The molecule has 3 nitrogen and oxygen atoms in total. The van der Waals surface area contributed by atoms with Crippen LogP contribution in [0.3, 0.4) is 0 Å². The fraction of sp³-hybridized carbons (Fsp3) is 0.500. The zero-order valence-corrected chi connectivity index (χ0v) is 9.83. The third-order valence-electron chi connectivity index (χ3n) is 3.47. The van der Waals surface area contributed by atoms with Gasteiger partial charge in [0.05, 0.1) is 11.9 Å². The van der Waals surface area contributed by atoms with Crippen molar-refractivity contribution in [1.82, 2.24) is 4.98 Å². The lowest BCUT2D eigenvalue weighted by Crippen LogP contribution is -2.46. The van der Waals surface area contributed by atoms with Crippen molar-refractivity contribution < 1.29 is 0 Å². The largest absolute Gasteiger partial charge is 0.383 e. The Hall–Kier alpha value is -1.50. The number of fused-ring (bicyclic) bond motifs is 2. The standard InChI is InChI=1S/C10H10BN3.C2H6/c12-7-11-4-10(5-11)6-14-9-3-13-2-1-8(9)10;1-2/h1-3,14H,4-6H2;1-2H3. The van der Waals surface area contributed by atoms with E-state index in [1.807, 2.05) is 26.2 Å². The molecule has 0 bridgehead atoms. The fourth-order valence-corrected chi connectivity index (χ4v) is 2.70. The van der Waals surface area contributed by atoms with E-state index in [9.17, 15) is 0 Å². The highest BCUT2D eigenvalue weighted by atomic mass is 15.0. The number of nitrogens with zero attached hydrogens (tertiary/aromatic N) is 2. The molecule has 1 N–H and O–H groups in total. The number of pyridine rings is 1. The van der Waals surface area contributed by atoms with Gasteiger partial charge >= 0.3 is 0 Å². The highest BCUT2D eigenvalue weighted by Crippen LogP contribution is 2.50. The first-order valence-electron chi connectivity index (χ1n) is 5.92. The molecule has 2 aliphatic heterocycles. The van der Waals surface area contributed by atoms with Crippen LogP contribution in [0.25, 0.3) is 0 Å². The summed E-state index contributed by atoms with van der Waals surface area (Å²) in [6.45, 7) is 5.24. The average molecular weight is 213 g/mol.